The zero-order valence-electron chi connectivity index (χ0n) is 20.7. The van der Waals surface area contributed by atoms with Gasteiger partial charge in [-0.05, 0) is 48.7 Å². The molecule has 1 aliphatic rings. The van der Waals surface area contributed by atoms with Crippen molar-refractivity contribution in [1.29, 1.82) is 0 Å². The molecule has 2 aromatic carbocycles. The van der Waals surface area contributed by atoms with E-state index >= 15 is 0 Å². The number of anilines is 1. The number of unbranched alkanes of at least 4 members (excludes halogenated alkanes) is 3. The molecule has 34 heavy (non-hydrogen) atoms. The molecule has 3 atom stereocenters. The fourth-order valence-corrected chi connectivity index (χ4v) is 4.60. The van der Waals surface area contributed by atoms with Crippen LogP contribution in [0, 0.1) is 5.92 Å². The third kappa shape index (κ3) is 7.35. The molecule has 2 N–H and O–H groups in total. The number of benzene rings is 2. The van der Waals surface area contributed by atoms with Crippen molar-refractivity contribution < 1.29 is 9.80 Å². The first-order valence-corrected chi connectivity index (χ1v) is 13.2. The molecule has 0 aliphatic carbocycles. The van der Waals surface area contributed by atoms with Crippen LogP contribution in [0.4, 0.5) is 5.69 Å². The Kier molecular flexibility index (Phi) is 11.7. The van der Waals surface area contributed by atoms with Gasteiger partial charge in [0.15, 0.2) is 0 Å². The normalized spacial score (nSPS) is 18.1. The second-order valence-electron chi connectivity index (χ2n) is 8.26. The van der Waals surface area contributed by atoms with E-state index in [1.54, 1.807) is 12.1 Å². The van der Waals surface area contributed by atoms with Crippen molar-refractivity contribution in [3.8, 4) is 0 Å². The molecule has 3 rings (SSSR count). The standard InChI is InChI=1S/C24H29Cl3N4O.C2H6/c1-4-5-6-7-14-30(3)29-24(32)22-16(2)23(17-8-10-18(25)11-9-17)31(28-22)21-13-12-19(26)15-20(21)27;1-2/h8-13,15-16,23H,4-7,14H2,1-3H3,(H,29,32);1-2H3/p+1. The SMILES string of the molecule is CC.CCCCCC[NH+](C)NC(=O)C1=NN(c2ccc(Cl)cc2Cl)C(c2ccc(Cl)cc2)C1C. The van der Waals surface area contributed by atoms with Gasteiger partial charge in [0.2, 0.25) is 0 Å². The van der Waals surface area contributed by atoms with Crippen molar-refractivity contribution in [2.24, 2.45) is 11.0 Å². The number of nitrogens with one attached hydrogen (secondary N) is 2. The van der Waals surface area contributed by atoms with Crippen LogP contribution in [0.1, 0.15) is 65.0 Å². The predicted octanol–water partition coefficient (Wildman–Crippen LogP) is 6.35. The highest BCUT2D eigenvalue weighted by Gasteiger charge is 2.40. The van der Waals surface area contributed by atoms with Gasteiger partial charge in [-0.25, -0.2) is 5.01 Å². The van der Waals surface area contributed by atoms with Gasteiger partial charge in [-0.2, -0.15) is 10.5 Å². The summed E-state index contributed by atoms with van der Waals surface area (Å²) in [6.45, 7) is 9.08. The largest absolute Gasteiger partial charge is 0.312 e. The maximum atomic E-state index is 13.1. The third-order valence-corrected chi connectivity index (χ3v) is 6.51. The number of halogens is 3. The van der Waals surface area contributed by atoms with Crippen molar-refractivity contribution in [2.75, 3.05) is 18.6 Å². The molecule has 1 amide bonds. The number of carbonyl (C=O) groups excluding carboxylic acids is 1. The van der Waals surface area contributed by atoms with Gasteiger partial charge in [0, 0.05) is 16.0 Å². The van der Waals surface area contributed by atoms with Crippen molar-refractivity contribution in [3.63, 3.8) is 0 Å². The van der Waals surface area contributed by atoms with Gasteiger partial charge in [0.05, 0.1) is 30.3 Å². The van der Waals surface area contributed by atoms with Crippen LogP contribution in [-0.2, 0) is 4.79 Å². The molecule has 1 aliphatic heterocycles. The first-order valence-electron chi connectivity index (χ1n) is 12.0. The third-order valence-electron chi connectivity index (χ3n) is 5.72. The first-order chi connectivity index (χ1) is 16.3. The van der Waals surface area contributed by atoms with Crippen LogP contribution < -0.4 is 15.4 Å². The summed E-state index contributed by atoms with van der Waals surface area (Å²) in [7, 11) is 1.97. The molecule has 1 heterocycles. The minimum atomic E-state index is -0.198. The molecule has 0 fully saturated rings. The molecule has 186 valence electrons. The van der Waals surface area contributed by atoms with Crippen LogP contribution in [0.5, 0.6) is 0 Å². The van der Waals surface area contributed by atoms with E-state index in [0.717, 1.165) is 23.5 Å². The van der Waals surface area contributed by atoms with Gasteiger partial charge in [0.25, 0.3) is 0 Å². The van der Waals surface area contributed by atoms with Crippen molar-refractivity contribution in [3.05, 3.63) is 63.1 Å². The minimum absolute atomic E-state index is 0.157. The van der Waals surface area contributed by atoms with Gasteiger partial charge < -0.3 is 0 Å². The van der Waals surface area contributed by atoms with Gasteiger partial charge in [-0.1, -0.05) is 87.5 Å². The van der Waals surface area contributed by atoms with Gasteiger partial charge in [0.1, 0.15) is 5.71 Å². The maximum absolute atomic E-state index is 13.1. The highest BCUT2D eigenvalue weighted by molar-refractivity contribution is 6.40. The summed E-state index contributed by atoms with van der Waals surface area (Å²) in [4.78, 5) is 13.1. The number of amides is 1. The van der Waals surface area contributed by atoms with Gasteiger partial charge >= 0.3 is 5.91 Å². The number of hydrogen-bond acceptors (Lipinski definition) is 3. The number of hydrogen-bond donors (Lipinski definition) is 2. The van der Waals surface area contributed by atoms with Crippen LogP contribution in [-0.4, -0.2) is 25.2 Å². The fraction of sp³-hybridized carbons (Fsp3) is 0.462. The first kappa shape index (κ1) is 28.4. The lowest BCUT2D eigenvalue weighted by Crippen LogP contribution is -3.16. The van der Waals surface area contributed by atoms with Crippen molar-refractivity contribution >= 4 is 52.1 Å². The number of nitrogens with zero attached hydrogens (tertiary/aromatic N) is 2. The summed E-state index contributed by atoms with van der Waals surface area (Å²) in [5.41, 5.74) is 5.23. The molecule has 0 saturated heterocycles. The summed E-state index contributed by atoms with van der Waals surface area (Å²) in [6, 6.07) is 12.7. The lowest BCUT2D eigenvalue weighted by Gasteiger charge is -2.27. The lowest BCUT2D eigenvalue weighted by atomic mass is 9.91. The molecule has 0 spiro atoms. The average molecular weight is 527 g/mol. The van der Waals surface area contributed by atoms with E-state index in [2.05, 4.69) is 12.3 Å². The Morgan fingerprint density at radius 3 is 2.29 bits per heavy atom. The zero-order valence-corrected chi connectivity index (χ0v) is 22.9. The van der Waals surface area contributed by atoms with E-state index in [-0.39, 0.29) is 17.9 Å². The molecule has 0 saturated carbocycles. The van der Waals surface area contributed by atoms with Crippen molar-refractivity contribution in [2.45, 2.75) is 59.4 Å². The summed E-state index contributed by atoms with van der Waals surface area (Å²) >= 11 is 18.7. The van der Waals surface area contributed by atoms with E-state index in [1.807, 2.05) is 63.2 Å². The molecule has 0 radical (unpaired) electrons. The Hall–Kier alpha value is -1.79. The zero-order chi connectivity index (χ0) is 25.3. The highest BCUT2D eigenvalue weighted by Crippen LogP contribution is 2.42. The smallest absolute Gasteiger partial charge is 0.263 e. The van der Waals surface area contributed by atoms with Crippen LogP contribution >= 0.6 is 34.8 Å². The molecule has 5 nitrogen and oxygen atoms in total. The Morgan fingerprint density at radius 2 is 1.68 bits per heavy atom. The number of rotatable bonds is 9. The topological polar surface area (TPSA) is 49.1 Å². The Balaban J connectivity index is 0.00000199. The van der Waals surface area contributed by atoms with Crippen LogP contribution in [0.2, 0.25) is 15.1 Å². The number of quaternary nitrogens is 1. The molecule has 0 bridgehead atoms. The monoisotopic (exact) mass is 525 g/mol. The van der Waals surface area contributed by atoms with E-state index in [1.165, 1.54) is 19.3 Å². The van der Waals surface area contributed by atoms with Crippen LogP contribution in [0.25, 0.3) is 0 Å². The van der Waals surface area contributed by atoms with E-state index < -0.39 is 0 Å². The Morgan fingerprint density at radius 1 is 1.03 bits per heavy atom. The highest BCUT2D eigenvalue weighted by atomic mass is 35.5. The molecule has 3 unspecified atom stereocenters. The van der Waals surface area contributed by atoms with Gasteiger partial charge in [-0.3, -0.25) is 9.80 Å². The number of carbonyl (C=O) groups is 1. The molecular weight excluding hydrogens is 491 g/mol. The van der Waals surface area contributed by atoms with E-state index in [9.17, 15) is 4.79 Å². The molecule has 0 aromatic heterocycles. The summed E-state index contributed by atoms with van der Waals surface area (Å²) in [6.07, 6.45) is 4.64. The number of hydrazone groups is 1. The molecular formula is C26H36Cl3N4O+. The lowest BCUT2D eigenvalue weighted by molar-refractivity contribution is -0.916. The summed E-state index contributed by atoms with van der Waals surface area (Å²) in [5, 5.41) is 9.20. The van der Waals surface area contributed by atoms with Gasteiger partial charge in [-0.15, -0.1) is 0 Å². The second kappa shape index (κ2) is 13.9. The fourth-order valence-electron chi connectivity index (χ4n) is 3.98. The average Bonchev–Trinajstić information content (AvgIpc) is 3.15. The Labute approximate surface area is 219 Å². The van der Waals surface area contributed by atoms with Crippen LogP contribution in [0.3, 0.4) is 0 Å². The molecule has 2 aromatic rings. The quantitative estimate of drug-likeness (QED) is 0.295. The van der Waals surface area contributed by atoms with E-state index in [4.69, 9.17) is 39.9 Å². The summed E-state index contributed by atoms with van der Waals surface area (Å²) in [5.74, 6) is -0.326. The minimum Gasteiger partial charge on any atom is -0.263 e. The molecule has 8 heteroatoms. The Bertz CT molecular complexity index is 965. The van der Waals surface area contributed by atoms with Crippen molar-refractivity contribution in [1.82, 2.24) is 5.43 Å². The summed E-state index contributed by atoms with van der Waals surface area (Å²) < 4.78 is 0. The second-order valence-corrected chi connectivity index (χ2v) is 9.54. The van der Waals surface area contributed by atoms with Crippen LogP contribution in [0.15, 0.2) is 47.6 Å². The maximum Gasteiger partial charge on any atom is 0.312 e. The predicted molar refractivity (Wildman–Crippen MR) is 145 cm³/mol. The van der Waals surface area contributed by atoms with E-state index in [0.29, 0.717) is 26.5 Å².